The number of aryl methyl sites for hydroxylation is 1. The van der Waals surface area contributed by atoms with Crippen LogP contribution in [0.15, 0.2) is 47.4 Å². The van der Waals surface area contributed by atoms with E-state index in [9.17, 15) is 13.2 Å². The number of sulfonamides is 1. The highest BCUT2D eigenvalue weighted by atomic mass is 32.2. The molecule has 0 radical (unpaired) electrons. The van der Waals surface area contributed by atoms with Crippen LogP contribution in [0.3, 0.4) is 0 Å². The predicted octanol–water partition coefficient (Wildman–Crippen LogP) is 2.56. The lowest BCUT2D eigenvalue weighted by atomic mass is 10.0. The number of benzene rings is 2. The van der Waals surface area contributed by atoms with Gasteiger partial charge in [-0.25, -0.2) is 8.42 Å². The van der Waals surface area contributed by atoms with E-state index in [2.05, 4.69) is 41.4 Å². The highest BCUT2D eigenvalue weighted by Crippen LogP contribution is 2.34. The highest BCUT2D eigenvalue weighted by Gasteiger charge is 2.32. The van der Waals surface area contributed by atoms with Gasteiger partial charge in [-0.1, -0.05) is 29.8 Å². The van der Waals surface area contributed by atoms with Crippen molar-refractivity contribution in [2.75, 3.05) is 31.5 Å². The lowest BCUT2D eigenvalue weighted by Gasteiger charge is -2.34. The lowest BCUT2D eigenvalue weighted by Crippen LogP contribution is -2.48. The molecule has 0 unspecified atom stereocenters. The Labute approximate surface area is 166 Å². The van der Waals surface area contributed by atoms with Crippen molar-refractivity contribution in [1.82, 2.24) is 9.21 Å². The molecule has 0 aromatic heterocycles. The quantitative estimate of drug-likeness (QED) is 0.858. The van der Waals surface area contributed by atoms with Crippen molar-refractivity contribution < 1.29 is 13.2 Å². The number of carbonyl (C=O) groups excluding carboxylic acids is 1. The summed E-state index contributed by atoms with van der Waals surface area (Å²) in [7, 11) is -3.56. The van der Waals surface area contributed by atoms with Gasteiger partial charge in [-0.3, -0.25) is 9.69 Å². The Balaban J connectivity index is 1.45. The van der Waals surface area contributed by atoms with E-state index in [1.807, 2.05) is 0 Å². The van der Waals surface area contributed by atoms with E-state index in [0.717, 1.165) is 12.1 Å². The van der Waals surface area contributed by atoms with Gasteiger partial charge in [0.15, 0.2) is 0 Å². The van der Waals surface area contributed by atoms with Gasteiger partial charge in [-0.15, -0.1) is 0 Å². The van der Waals surface area contributed by atoms with Gasteiger partial charge in [0.1, 0.15) is 0 Å². The van der Waals surface area contributed by atoms with Crippen LogP contribution in [-0.2, 0) is 21.4 Å². The number of amides is 1. The number of anilines is 1. The first kappa shape index (κ1) is 19.1. The Morgan fingerprint density at radius 2 is 1.82 bits per heavy atom. The van der Waals surface area contributed by atoms with Crippen LogP contribution in [0.2, 0.25) is 0 Å². The SMILES string of the molecule is Cc1cccc(CN2CCN(S(=O)(=O)c3ccc4c(c3)[C@@H](C)C(=O)N4)CC2)c1. The normalized spacial score (nSPS) is 20.8. The molecule has 6 nitrogen and oxygen atoms in total. The second kappa shape index (κ2) is 7.31. The number of nitrogens with zero attached hydrogens (tertiary/aromatic N) is 2. The Kier molecular flexibility index (Phi) is 4.99. The first-order valence-electron chi connectivity index (χ1n) is 9.57. The Bertz CT molecular complexity index is 1010. The van der Waals surface area contributed by atoms with Crippen LogP contribution in [-0.4, -0.2) is 49.7 Å². The zero-order chi connectivity index (χ0) is 19.9. The van der Waals surface area contributed by atoms with Crippen molar-refractivity contribution in [3.05, 3.63) is 59.2 Å². The third-order valence-electron chi connectivity index (χ3n) is 5.60. The van der Waals surface area contributed by atoms with E-state index in [-0.39, 0.29) is 16.7 Å². The van der Waals surface area contributed by atoms with Gasteiger partial charge in [0.25, 0.3) is 0 Å². The van der Waals surface area contributed by atoms with Crippen LogP contribution < -0.4 is 5.32 Å². The molecule has 0 aliphatic carbocycles. The molecule has 1 amide bonds. The highest BCUT2D eigenvalue weighted by molar-refractivity contribution is 7.89. The summed E-state index contributed by atoms with van der Waals surface area (Å²) in [6, 6.07) is 13.3. The number of piperazine rings is 1. The van der Waals surface area contributed by atoms with Gasteiger partial charge in [-0.2, -0.15) is 4.31 Å². The molecule has 2 aromatic rings. The van der Waals surface area contributed by atoms with E-state index in [1.165, 1.54) is 11.1 Å². The van der Waals surface area contributed by atoms with Crippen LogP contribution >= 0.6 is 0 Å². The van der Waals surface area contributed by atoms with Gasteiger partial charge in [0.2, 0.25) is 15.9 Å². The maximum Gasteiger partial charge on any atom is 0.243 e. The second-order valence-electron chi connectivity index (χ2n) is 7.63. The number of carbonyl (C=O) groups is 1. The minimum atomic E-state index is -3.56. The summed E-state index contributed by atoms with van der Waals surface area (Å²) >= 11 is 0. The summed E-state index contributed by atoms with van der Waals surface area (Å²) in [5.41, 5.74) is 3.95. The van der Waals surface area contributed by atoms with E-state index < -0.39 is 10.0 Å². The number of hydrogen-bond donors (Lipinski definition) is 1. The average Bonchev–Trinajstić information content (AvgIpc) is 2.96. The van der Waals surface area contributed by atoms with Crippen LogP contribution in [0, 0.1) is 6.92 Å². The molecule has 0 saturated carbocycles. The average molecular weight is 400 g/mol. The van der Waals surface area contributed by atoms with Gasteiger partial charge >= 0.3 is 0 Å². The Morgan fingerprint density at radius 1 is 1.07 bits per heavy atom. The van der Waals surface area contributed by atoms with Crippen LogP contribution in [0.5, 0.6) is 0 Å². The van der Waals surface area contributed by atoms with E-state index in [4.69, 9.17) is 0 Å². The van der Waals surface area contributed by atoms with Crippen LogP contribution in [0.1, 0.15) is 29.5 Å². The largest absolute Gasteiger partial charge is 0.325 e. The van der Waals surface area contributed by atoms with Gasteiger partial charge in [0, 0.05) is 38.4 Å². The predicted molar refractivity (Wildman–Crippen MR) is 109 cm³/mol. The summed E-state index contributed by atoms with van der Waals surface area (Å²) in [6.07, 6.45) is 0. The number of nitrogens with one attached hydrogen (secondary N) is 1. The molecule has 28 heavy (non-hydrogen) atoms. The van der Waals surface area contributed by atoms with Crippen molar-refractivity contribution in [1.29, 1.82) is 0 Å². The molecule has 1 N–H and O–H groups in total. The fraction of sp³-hybridized carbons (Fsp3) is 0.381. The first-order chi connectivity index (χ1) is 13.3. The maximum absolute atomic E-state index is 13.1. The van der Waals surface area contributed by atoms with E-state index in [1.54, 1.807) is 29.4 Å². The molecule has 148 valence electrons. The molecule has 0 spiro atoms. The lowest BCUT2D eigenvalue weighted by molar-refractivity contribution is -0.116. The molecular formula is C21H25N3O3S. The number of hydrogen-bond acceptors (Lipinski definition) is 4. The molecule has 1 saturated heterocycles. The van der Waals surface area contributed by atoms with Crippen molar-refractivity contribution in [3.8, 4) is 0 Å². The molecule has 1 atom stereocenters. The molecular weight excluding hydrogens is 374 g/mol. The second-order valence-corrected chi connectivity index (χ2v) is 9.57. The minimum absolute atomic E-state index is 0.0886. The van der Waals surface area contributed by atoms with Crippen molar-refractivity contribution >= 4 is 21.6 Å². The van der Waals surface area contributed by atoms with E-state index >= 15 is 0 Å². The zero-order valence-corrected chi connectivity index (χ0v) is 17.0. The molecule has 4 rings (SSSR count). The molecule has 7 heteroatoms. The molecule has 0 bridgehead atoms. The molecule has 2 aromatic carbocycles. The maximum atomic E-state index is 13.1. The molecule has 1 fully saturated rings. The first-order valence-corrected chi connectivity index (χ1v) is 11.0. The number of rotatable bonds is 4. The van der Waals surface area contributed by atoms with Gasteiger partial charge < -0.3 is 5.32 Å². The third kappa shape index (κ3) is 3.57. The van der Waals surface area contributed by atoms with Crippen molar-refractivity contribution in [3.63, 3.8) is 0 Å². The smallest absolute Gasteiger partial charge is 0.243 e. The third-order valence-corrected chi connectivity index (χ3v) is 7.49. The minimum Gasteiger partial charge on any atom is -0.325 e. The topological polar surface area (TPSA) is 69.7 Å². The summed E-state index contributed by atoms with van der Waals surface area (Å²) < 4.78 is 27.7. The zero-order valence-electron chi connectivity index (χ0n) is 16.2. The molecule has 2 heterocycles. The summed E-state index contributed by atoms with van der Waals surface area (Å²) in [4.78, 5) is 14.4. The van der Waals surface area contributed by atoms with Crippen molar-refractivity contribution in [2.24, 2.45) is 0 Å². The van der Waals surface area contributed by atoms with Crippen LogP contribution in [0.4, 0.5) is 5.69 Å². The Hall–Kier alpha value is -2.22. The van der Waals surface area contributed by atoms with Crippen molar-refractivity contribution in [2.45, 2.75) is 31.2 Å². The van der Waals surface area contributed by atoms with Gasteiger partial charge in [-0.05, 0) is 43.2 Å². The van der Waals surface area contributed by atoms with Gasteiger partial charge in [0.05, 0.1) is 10.8 Å². The molecule has 2 aliphatic heterocycles. The fourth-order valence-corrected chi connectivity index (χ4v) is 5.36. The van der Waals surface area contributed by atoms with Crippen LogP contribution in [0.25, 0.3) is 0 Å². The molecule has 2 aliphatic rings. The summed E-state index contributed by atoms with van der Waals surface area (Å²) in [6.45, 7) is 7.05. The van der Waals surface area contributed by atoms with E-state index in [0.29, 0.717) is 31.9 Å². The monoisotopic (exact) mass is 399 g/mol. The number of fused-ring (bicyclic) bond motifs is 1. The summed E-state index contributed by atoms with van der Waals surface area (Å²) in [5.74, 6) is -0.411. The standard InChI is InChI=1S/C21H25N3O3S/c1-15-4-3-5-17(12-15)14-23-8-10-24(11-9-23)28(26,27)18-6-7-20-19(13-18)16(2)21(25)22-20/h3-7,12-13,16H,8-11,14H2,1-2H3,(H,22,25)/t16-/m1/s1. The Morgan fingerprint density at radius 3 is 2.54 bits per heavy atom. The fourth-order valence-electron chi connectivity index (χ4n) is 3.90. The summed E-state index contributed by atoms with van der Waals surface area (Å²) in [5, 5.41) is 2.78.